The standard InChI is InChI=1S/C11H17N/c1-8-6-10(12)7-9-4-2-3-5-11(8)9/h6,9,11-12H,2-5,7H2,1H3. The third kappa shape index (κ3) is 1.33. The van der Waals surface area contributed by atoms with Crippen LogP contribution in [-0.2, 0) is 0 Å². The monoisotopic (exact) mass is 163 g/mol. The first-order valence-electron chi connectivity index (χ1n) is 5.03. The molecule has 2 aliphatic carbocycles. The summed E-state index contributed by atoms with van der Waals surface area (Å²) in [5.41, 5.74) is 2.33. The zero-order chi connectivity index (χ0) is 8.55. The second-order valence-corrected chi connectivity index (χ2v) is 4.27. The number of fused-ring (bicyclic) bond motifs is 1. The van der Waals surface area contributed by atoms with E-state index in [4.69, 9.17) is 5.41 Å². The van der Waals surface area contributed by atoms with Crippen molar-refractivity contribution < 1.29 is 0 Å². The van der Waals surface area contributed by atoms with E-state index in [0.29, 0.717) is 0 Å². The highest BCUT2D eigenvalue weighted by atomic mass is 14.5. The Balaban J connectivity index is 2.19. The molecular weight excluding hydrogens is 146 g/mol. The van der Waals surface area contributed by atoms with Crippen molar-refractivity contribution in [3.63, 3.8) is 0 Å². The quantitative estimate of drug-likeness (QED) is 0.567. The van der Waals surface area contributed by atoms with Crippen LogP contribution in [-0.4, -0.2) is 5.71 Å². The molecule has 0 aromatic rings. The lowest BCUT2D eigenvalue weighted by molar-refractivity contribution is 0.274. The third-order valence-electron chi connectivity index (χ3n) is 3.38. The van der Waals surface area contributed by atoms with Gasteiger partial charge in [-0.25, -0.2) is 0 Å². The zero-order valence-electron chi connectivity index (χ0n) is 7.77. The van der Waals surface area contributed by atoms with E-state index in [1.165, 1.54) is 31.3 Å². The van der Waals surface area contributed by atoms with Gasteiger partial charge in [-0.1, -0.05) is 18.4 Å². The van der Waals surface area contributed by atoms with Crippen molar-refractivity contribution in [3.05, 3.63) is 11.6 Å². The molecule has 2 unspecified atom stereocenters. The molecule has 0 saturated heterocycles. The van der Waals surface area contributed by atoms with Gasteiger partial charge in [0.25, 0.3) is 0 Å². The molecule has 1 saturated carbocycles. The van der Waals surface area contributed by atoms with Gasteiger partial charge in [0.2, 0.25) is 0 Å². The fourth-order valence-electron chi connectivity index (χ4n) is 2.77. The zero-order valence-corrected chi connectivity index (χ0v) is 7.77. The van der Waals surface area contributed by atoms with Gasteiger partial charge in [-0.3, -0.25) is 0 Å². The topological polar surface area (TPSA) is 23.9 Å². The summed E-state index contributed by atoms with van der Waals surface area (Å²) in [5.74, 6) is 1.64. The van der Waals surface area contributed by atoms with E-state index in [2.05, 4.69) is 13.0 Å². The van der Waals surface area contributed by atoms with Crippen molar-refractivity contribution >= 4 is 5.71 Å². The average Bonchev–Trinajstić information content (AvgIpc) is 2.04. The van der Waals surface area contributed by atoms with Crippen molar-refractivity contribution in [2.45, 2.75) is 39.0 Å². The minimum atomic E-state index is 0.816. The van der Waals surface area contributed by atoms with Gasteiger partial charge in [0, 0.05) is 5.71 Å². The molecule has 1 heteroatoms. The molecule has 0 heterocycles. The fraction of sp³-hybridized carbons (Fsp3) is 0.727. The van der Waals surface area contributed by atoms with E-state index in [9.17, 15) is 0 Å². The van der Waals surface area contributed by atoms with Crippen LogP contribution in [0.25, 0.3) is 0 Å². The van der Waals surface area contributed by atoms with Gasteiger partial charge in [-0.2, -0.15) is 0 Å². The van der Waals surface area contributed by atoms with Crippen LogP contribution >= 0.6 is 0 Å². The molecule has 0 spiro atoms. The molecule has 12 heavy (non-hydrogen) atoms. The van der Waals surface area contributed by atoms with E-state index >= 15 is 0 Å². The molecule has 2 rings (SSSR count). The largest absolute Gasteiger partial charge is 0.305 e. The average molecular weight is 163 g/mol. The summed E-state index contributed by atoms with van der Waals surface area (Å²) in [7, 11) is 0. The minimum Gasteiger partial charge on any atom is -0.305 e. The van der Waals surface area contributed by atoms with Gasteiger partial charge in [0.15, 0.2) is 0 Å². The Labute approximate surface area is 74.4 Å². The van der Waals surface area contributed by atoms with E-state index in [1.54, 1.807) is 0 Å². The molecular formula is C11H17N. The fourth-order valence-corrected chi connectivity index (χ4v) is 2.77. The number of hydrogen-bond acceptors (Lipinski definition) is 1. The van der Waals surface area contributed by atoms with Gasteiger partial charge < -0.3 is 5.41 Å². The van der Waals surface area contributed by atoms with Crippen molar-refractivity contribution in [3.8, 4) is 0 Å². The van der Waals surface area contributed by atoms with Gasteiger partial charge >= 0.3 is 0 Å². The molecule has 1 nitrogen and oxygen atoms in total. The van der Waals surface area contributed by atoms with Crippen LogP contribution in [0.3, 0.4) is 0 Å². The molecule has 0 aromatic heterocycles. The van der Waals surface area contributed by atoms with Crippen LogP contribution in [0.1, 0.15) is 39.0 Å². The Kier molecular flexibility index (Phi) is 2.03. The Bertz CT molecular complexity index is 227. The lowest BCUT2D eigenvalue weighted by atomic mass is 9.70. The van der Waals surface area contributed by atoms with E-state index < -0.39 is 0 Å². The number of rotatable bonds is 0. The lowest BCUT2D eigenvalue weighted by Gasteiger charge is -2.35. The molecule has 66 valence electrons. The molecule has 0 aliphatic heterocycles. The molecule has 2 atom stereocenters. The molecule has 0 radical (unpaired) electrons. The van der Waals surface area contributed by atoms with Crippen LogP contribution in [0.15, 0.2) is 11.6 Å². The maximum Gasteiger partial charge on any atom is 0.0316 e. The molecule has 1 fully saturated rings. The highest BCUT2D eigenvalue weighted by Crippen LogP contribution is 2.39. The first-order chi connectivity index (χ1) is 5.77. The van der Waals surface area contributed by atoms with Crippen LogP contribution < -0.4 is 0 Å². The van der Waals surface area contributed by atoms with E-state index in [0.717, 1.165) is 24.0 Å². The Morgan fingerprint density at radius 3 is 2.92 bits per heavy atom. The highest BCUT2D eigenvalue weighted by molar-refractivity contribution is 5.94. The van der Waals surface area contributed by atoms with Crippen molar-refractivity contribution in [2.75, 3.05) is 0 Å². The summed E-state index contributed by atoms with van der Waals surface area (Å²) in [5, 5.41) is 7.67. The van der Waals surface area contributed by atoms with E-state index in [-0.39, 0.29) is 0 Å². The maximum atomic E-state index is 7.67. The van der Waals surface area contributed by atoms with Crippen molar-refractivity contribution in [1.29, 1.82) is 5.41 Å². The predicted molar refractivity (Wildman–Crippen MR) is 51.5 cm³/mol. The predicted octanol–water partition coefficient (Wildman–Crippen LogP) is 3.16. The van der Waals surface area contributed by atoms with Crippen molar-refractivity contribution in [1.82, 2.24) is 0 Å². The minimum absolute atomic E-state index is 0.816. The summed E-state index contributed by atoms with van der Waals surface area (Å²) in [4.78, 5) is 0. The highest BCUT2D eigenvalue weighted by Gasteiger charge is 2.29. The second kappa shape index (κ2) is 3.04. The van der Waals surface area contributed by atoms with Crippen LogP contribution in [0.4, 0.5) is 0 Å². The number of allylic oxidation sites excluding steroid dienone is 2. The lowest BCUT2D eigenvalue weighted by Crippen LogP contribution is -2.26. The first-order valence-corrected chi connectivity index (χ1v) is 5.03. The third-order valence-corrected chi connectivity index (χ3v) is 3.38. The number of hydrogen-bond donors (Lipinski definition) is 1. The van der Waals surface area contributed by atoms with Crippen LogP contribution in [0, 0.1) is 17.2 Å². The summed E-state index contributed by atoms with van der Waals surface area (Å²) in [6.07, 6.45) is 8.66. The van der Waals surface area contributed by atoms with Gasteiger partial charge in [0.05, 0.1) is 0 Å². The molecule has 1 N–H and O–H groups in total. The Hall–Kier alpha value is -0.590. The van der Waals surface area contributed by atoms with Crippen LogP contribution in [0.5, 0.6) is 0 Å². The summed E-state index contributed by atoms with van der Waals surface area (Å²) < 4.78 is 0. The first kappa shape index (κ1) is 8.03. The summed E-state index contributed by atoms with van der Waals surface area (Å²) >= 11 is 0. The maximum absolute atomic E-state index is 7.67. The SMILES string of the molecule is CC1=CC(=N)CC2CCCCC12. The molecule has 0 bridgehead atoms. The Morgan fingerprint density at radius 1 is 1.33 bits per heavy atom. The summed E-state index contributed by atoms with van der Waals surface area (Å²) in [6.45, 7) is 2.21. The van der Waals surface area contributed by atoms with Gasteiger partial charge in [0.1, 0.15) is 0 Å². The van der Waals surface area contributed by atoms with E-state index in [1.807, 2.05) is 0 Å². The van der Waals surface area contributed by atoms with Gasteiger partial charge in [-0.05, 0) is 44.1 Å². The smallest absolute Gasteiger partial charge is 0.0316 e. The molecule has 0 aromatic carbocycles. The molecule has 0 amide bonds. The van der Waals surface area contributed by atoms with Crippen LogP contribution in [0.2, 0.25) is 0 Å². The van der Waals surface area contributed by atoms with Crippen molar-refractivity contribution in [2.24, 2.45) is 11.8 Å². The normalized spacial score (nSPS) is 35.8. The number of nitrogens with one attached hydrogen (secondary N) is 1. The second-order valence-electron chi connectivity index (χ2n) is 4.27. The van der Waals surface area contributed by atoms with Gasteiger partial charge in [-0.15, -0.1) is 0 Å². The summed E-state index contributed by atoms with van der Waals surface area (Å²) in [6, 6.07) is 0. The Morgan fingerprint density at radius 2 is 2.08 bits per heavy atom. The molecule has 2 aliphatic rings.